The maximum Gasteiger partial charge on any atom is 0.0714 e. The van der Waals surface area contributed by atoms with E-state index in [9.17, 15) is 5.48 Å². The van der Waals surface area contributed by atoms with Crippen molar-refractivity contribution in [2.75, 3.05) is 4.90 Å². The van der Waals surface area contributed by atoms with E-state index in [1.54, 1.807) is 4.90 Å². The predicted molar refractivity (Wildman–Crippen MR) is 269 cm³/mol. The van der Waals surface area contributed by atoms with Crippen LogP contribution in [0.4, 0.5) is 17.1 Å². The van der Waals surface area contributed by atoms with Crippen LogP contribution in [0, 0.1) is 0 Å². The molecule has 0 aliphatic heterocycles. The number of benzene rings is 9. The van der Waals surface area contributed by atoms with E-state index in [1.165, 1.54) is 0 Å². The Morgan fingerprint density at radius 2 is 1.09 bits per heavy atom. The van der Waals surface area contributed by atoms with Gasteiger partial charge in [-0.2, -0.15) is 0 Å². The lowest BCUT2D eigenvalue weighted by Crippen LogP contribution is -2.28. The summed E-state index contributed by atoms with van der Waals surface area (Å²) in [6, 6.07) is 59.0. The molecule has 2 aliphatic rings. The fraction of sp³-hybridized carbons (Fsp3) is 0.0476. The second-order valence-corrected chi connectivity index (χ2v) is 16.1. The van der Waals surface area contributed by atoms with Crippen LogP contribution in [0.1, 0.15) is 63.6 Å². The molecule has 0 fully saturated rings. The third-order valence-corrected chi connectivity index (χ3v) is 12.5. The minimum atomic E-state index is -0.782. The molecule has 0 aromatic heterocycles. The van der Waals surface area contributed by atoms with Gasteiger partial charge in [-0.05, 0) is 121 Å². The number of allylic oxidation sites excluding steroid dienone is 5. The molecule has 9 aromatic rings. The molecule has 0 spiro atoms. The molecule has 0 N–H and O–H groups in total. The van der Waals surface area contributed by atoms with E-state index in [2.05, 4.69) is 115 Å². The minimum absolute atomic E-state index is 0.0467. The fourth-order valence-electron chi connectivity index (χ4n) is 9.50. The minimum Gasteiger partial charge on any atom is -0.310 e. The Morgan fingerprint density at radius 1 is 0.516 bits per heavy atom. The summed E-state index contributed by atoms with van der Waals surface area (Å²) in [5.74, 6) is 0.0467. The topological polar surface area (TPSA) is 3.24 Å². The first-order chi connectivity index (χ1) is 35.5. The van der Waals surface area contributed by atoms with Crippen LogP contribution in [0.3, 0.4) is 0 Å². The first-order valence-electron chi connectivity index (χ1n) is 26.1. The Morgan fingerprint density at radius 3 is 1.75 bits per heavy atom. The number of fused-ring (bicyclic) bond motifs is 3. The number of anilines is 3. The molecule has 0 radical (unpaired) electrons. The second kappa shape index (κ2) is 17.0. The molecular formula is C63H47N. The molecule has 64 heavy (non-hydrogen) atoms. The first-order valence-corrected chi connectivity index (χ1v) is 21.6. The van der Waals surface area contributed by atoms with Crippen LogP contribution in [0.15, 0.2) is 266 Å². The molecule has 0 amide bonds. The molecule has 9 aromatic carbocycles. The smallest absolute Gasteiger partial charge is 0.0714 e. The van der Waals surface area contributed by atoms with Crippen molar-refractivity contribution in [2.24, 2.45) is 0 Å². The Labute approximate surface area is 389 Å². The Balaban J connectivity index is 1.07. The molecule has 11 rings (SSSR count). The van der Waals surface area contributed by atoms with Crippen molar-refractivity contribution in [1.29, 1.82) is 0 Å². The van der Waals surface area contributed by atoms with E-state index >= 15 is 0 Å². The van der Waals surface area contributed by atoms with Gasteiger partial charge in [0.05, 0.1) is 17.8 Å². The second-order valence-electron chi connectivity index (χ2n) is 16.1. The zero-order chi connectivity index (χ0) is 50.5. The lowest BCUT2D eigenvalue weighted by molar-refractivity contribution is 0.768. The molecular weight excluding hydrogens is 771 g/mol. The average molecular weight is 827 g/mol. The summed E-state index contributed by atoms with van der Waals surface area (Å²) in [5.41, 5.74) is 11.4. The Kier molecular flexibility index (Phi) is 8.02. The van der Waals surface area contributed by atoms with Crippen molar-refractivity contribution in [2.45, 2.75) is 17.8 Å². The van der Waals surface area contributed by atoms with Gasteiger partial charge in [0.15, 0.2) is 0 Å². The van der Waals surface area contributed by atoms with Gasteiger partial charge >= 0.3 is 0 Å². The van der Waals surface area contributed by atoms with Crippen LogP contribution in [-0.4, -0.2) is 0 Å². The van der Waals surface area contributed by atoms with E-state index < -0.39 is 59.8 Å². The van der Waals surface area contributed by atoms with Gasteiger partial charge in [0.1, 0.15) is 0 Å². The highest BCUT2D eigenvalue weighted by atomic mass is 15.1. The zero-order valence-electron chi connectivity index (χ0n) is 43.9. The van der Waals surface area contributed by atoms with Crippen LogP contribution in [0.25, 0.3) is 33.9 Å². The van der Waals surface area contributed by atoms with E-state index in [-0.39, 0.29) is 22.7 Å². The molecule has 0 saturated heterocycles. The zero-order valence-corrected chi connectivity index (χ0v) is 34.9. The number of nitrogens with zero attached hydrogens (tertiary/aromatic N) is 1. The number of hydrogen-bond donors (Lipinski definition) is 0. The SMILES string of the molecule is [2H]c1c([2H])c([2H])c(-c2c([2H])c([2H])c(N(c3ccc(C4C=CC(/C(=C/c5ccccc5)c5ccccc5)=CC4)cc3)c3ccc4c(c3)C(c3ccccc3)(c3ccccc3)c3ccccc3-4)c([2H])c2[2H])c([2H])c1[2H]. The number of hydrogen-bond acceptors (Lipinski definition) is 1. The van der Waals surface area contributed by atoms with Crippen LogP contribution in [0.5, 0.6) is 0 Å². The normalized spacial score (nSPS) is 16.9. The van der Waals surface area contributed by atoms with Gasteiger partial charge in [0.25, 0.3) is 0 Å². The maximum absolute atomic E-state index is 9.73. The first kappa shape index (κ1) is 30.1. The molecule has 304 valence electrons. The molecule has 0 heterocycles. The van der Waals surface area contributed by atoms with Gasteiger partial charge in [-0.15, -0.1) is 0 Å². The van der Waals surface area contributed by atoms with Crippen LogP contribution in [0.2, 0.25) is 0 Å². The molecule has 2 aliphatic carbocycles. The Hall–Kier alpha value is -8.00. The largest absolute Gasteiger partial charge is 0.310 e. The van der Waals surface area contributed by atoms with Gasteiger partial charge in [-0.3, -0.25) is 0 Å². The standard InChI is InChI=1S/C63H47N/c1-6-18-46(19-7-1)44-60(51-22-10-3-11-23-51)52-32-30-48(31-33-52)50-36-40-56(41-37-50)64(55-38-34-49(35-39-55)47-20-8-2-9-21-47)57-42-43-59-58-28-16-17-29-61(58)63(62(59)45-57,53-24-12-4-13-25-53)54-26-14-5-15-27-54/h1-30,32-45,48H,31H2/b60-44+/i2D,8D,9D,20D,21D,34D,35D,38D,39D. The van der Waals surface area contributed by atoms with Crippen molar-refractivity contribution in [3.8, 4) is 22.3 Å². The van der Waals surface area contributed by atoms with Gasteiger partial charge < -0.3 is 4.90 Å². The summed E-state index contributed by atoms with van der Waals surface area (Å²) < 4.78 is 80.9. The quantitative estimate of drug-likeness (QED) is 0.124. The summed E-state index contributed by atoms with van der Waals surface area (Å²) in [7, 11) is 0. The van der Waals surface area contributed by atoms with Crippen molar-refractivity contribution in [3.05, 3.63) is 305 Å². The highest BCUT2D eigenvalue weighted by Gasteiger charge is 2.46. The van der Waals surface area contributed by atoms with Crippen molar-refractivity contribution in [1.82, 2.24) is 0 Å². The lowest BCUT2D eigenvalue weighted by atomic mass is 9.67. The molecule has 1 nitrogen and oxygen atoms in total. The summed E-state index contributed by atoms with van der Waals surface area (Å²) >= 11 is 0. The lowest BCUT2D eigenvalue weighted by Gasteiger charge is -2.35. The average Bonchev–Trinajstić information content (AvgIpc) is 3.75. The molecule has 0 bridgehead atoms. The van der Waals surface area contributed by atoms with Gasteiger partial charge in [0, 0.05) is 23.0 Å². The van der Waals surface area contributed by atoms with E-state index in [0.29, 0.717) is 11.4 Å². The van der Waals surface area contributed by atoms with Crippen LogP contribution in [-0.2, 0) is 5.41 Å². The molecule has 1 heteroatoms. The van der Waals surface area contributed by atoms with E-state index in [1.807, 2.05) is 97.1 Å². The molecule has 1 unspecified atom stereocenters. The summed E-state index contributed by atoms with van der Waals surface area (Å²) in [5, 5.41) is 0. The van der Waals surface area contributed by atoms with Crippen molar-refractivity contribution >= 4 is 28.7 Å². The molecule has 1 atom stereocenters. The highest BCUT2D eigenvalue weighted by molar-refractivity contribution is 5.93. The molecule has 0 saturated carbocycles. The highest BCUT2D eigenvalue weighted by Crippen LogP contribution is 2.57. The van der Waals surface area contributed by atoms with Gasteiger partial charge in [-0.1, -0.05) is 224 Å². The Bertz CT molecular complexity index is 3590. The van der Waals surface area contributed by atoms with Crippen LogP contribution < -0.4 is 4.90 Å². The summed E-state index contributed by atoms with van der Waals surface area (Å²) in [6.45, 7) is 0. The maximum atomic E-state index is 9.73. The van der Waals surface area contributed by atoms with Gasteiger partial charge in [0.2, 0.25) is 0 Å². The van der Waals surface area contributed by atoms with Crippen molar-refractivity contribution in [3.63, 3.8) is 0 Å². The van der Waals surface area contributed by atoms with Crippen molar-refractivity contribution < 1.29 is 12.3 Å². The fourth-order valence-corrected chi connectivity index (χ4v) is 9.50. The number of rotatable bonds is 10. The third-order valence-electron chi connectivity index (χ3n) is 12.5. The van der Waals surface area contributed by atoms with E-state index in [0.717, 1.165) is 67.6 Å². The summed E-state index contributed by atoms with van der Waals surface area (Å²) in [6.07, 6.45) is 9.67. The predicted octanol–water partition coefficient (Wildman–Crippen LogP) is 16.4. The van der Waals surface area contributed by atoms with Crippen LogP contribution >= 0.6 is 0 Å². The third kappa shape index (κ3) is 7.12. The van der Waals surface area contributed by atoms with Gasteiger partial charge in [-0.25, -0.2) is 0 Å². The monoisotopic (exact) mass is 826 g/mol. The summed E-state index contributed by atoms with van der Waals surface area (Å²) in [4.78, 5) is 1.76. The van der Waals surface area contributed by atoms with E-state index in [4.69, 9.17) is 6.85 Å².